The molecule has 0 aliphatic carbocycles. The molecule has 3 rings (SSSR count). The van der Waals surface area contributed by atoms with E-state index in [1.165, 1.54) is 0 Å². The standard InChI is InChI=1S/C28H34N2O4/c1-3-15-34-25-14-8-12-23(18-25)28(32)30-26(17-21-9-5-4-6-10-21)27(31)20-29-19-22-11-7-13-24(16-22)33-2/h4-14,16,18,26-27,29,31H,3,15,17,19-20H2,1-2H3,(H,30,32)/t26-,27+/m0/s1. The van der Waals surface area contributed by atoms with Crippen LogP contribution in [0, 0.1) is 0 Å². The Morgan fingerprint density at radius 2 is 1.68 bits per heavy atom. The first kappa shape index (κ1) is 25.3. The van der Waals surface area contributed by atoms with E-state index in [-0.39, 0.29) is 5.91 Å². The monoisotopic (exact) mass is 462 g/mol. The number of nitrogens with one attached hydrogen (secondary N) is 2. The molecule has 3 aromatic carbocycles. The zero-order valence-corrected chi connectivity index (χ0v) is 19.9. The van der Waals surface area contributed by atoms with Gasteiger partial charge in [0.2, 0.25) is 0 Å². The van der Waals surface area contributed by atoms with Gasteiger partial charge in [0, 0.05) is 18.7 Å². The number of aliphatic hydroxyl groups is 1. The van der Waals surface area contributed by atoms with Crippen molar-refractivity contribution in [1.29, 1.82) is 0 Å². The van der Waals surface area contributed by atoms with Gasteiger partial charge in [-0.1, -0.05) is 55.5 Å². The van der Waals surface area contributed by atoms with Gasteiger partial charge >= 0.3 is 0 Å². The highest BCUT2D eigenvalue weighted by Crippen LogP contribution is 2.15. The Hall–Kier alpha value is -3.35. The highest BCUT2D eigenvalue weighted by molar-refractivity contribution is 5.94. The first-order valence-electron chi connectivity index (χ1n) is 11.7. The molecule has 2 atom stereocenters. The Morgan fingerprint density at radius 3 is 2.44 bits per heavy atom. The molecule has 0 aromatic heterocycles. The van der Waals surface area contributed by atoms with Crippen molar-refractivity contribution in [2.24, 2.45) is 0 Å². The summed E-state index contributed by atoms with van der Waals surface area (Å²) >= 11 is 0. The summed E-state index contributed by atoms with van der Waals surface area (Å²) in [6, 6.07) is 24.3. The van der Waals surface area contributed by atoms with E-state index in [1.54, 1.807) is 25.3 Å². The van der Waals surface area contributed by atoms with Crippen molar-refractivity contribution in [3.05, 3.63) is 95.6 Å². The summed E-state index contributed by atoms with van der Waals surface area (Å²) < 4.78 is 10.9. The van der Waals surface area contributed by atoms with E-state index in [1.807, 2.05) is 67.6 Å². The van der Waals surface area contributed by atoms with Gasteiger partial charge in [-0.25, -0.2) is 0 Å². The highest BCUT2D eigenvalue weighted by atomic mass is 16.5. The van der Waals surface area contributed by atoms with Gasteiger partial charge in [0.1, 0.15) is 11.5 Å². The number of carbonyl (C=O) groups excluding carboxylic acids is 1. The van der Waals surface area contributed by atoms with Gasteiger partial charge < -0.3 is 25.2 Å². The van der Waals surface area contributed by atoms with Crippen molar-refractivity contribution in [1.82, 2.24) is 10.6 Å². The van der Waals surface area contributed by atoms with Crippen LogP contribution in [0.1, 0.15) is 34.8 Å². The summed E-state index contributed by atoms with van der Waals surface area (Å²) in [7, 11) is 1.64. The van der Waals surface area contributed by atoms with Crippen LogP contribution in [-0.4, -0.2) is 43.4 Å². The van der Waals surface area contributed by atoms with Crippen molar-refractivity contribution in [3.63, 3.8) is 0 Å². The Morgan fingerprint density at radius 1 is 0.941 bits per heavy atom. The molecule has 34 heavy (non-hydrogen) atoms. The lowest BCUT2D eigenvalue weighted by Crippen LogP contribution is -2.48. The largest absolute Gasteiger partial charge is 0.497 e. The predicted octanol–water partition coefficient (Wildman–Crippen LogP) is 3.98. The molecule has 0 heterocycles. The van der Waals surface area contributed by atoms with Gasteiger partial charge in [0.15, 0.2) is 0 Å². The average Bonchev–Trinajstić information content (AvgIpc) is 2.88. The summed E-state index contributed by atoms with van der Waals surface area (Å²) in [5, 5.41) is 17.3. The van der Waals surface area contributed by atoms with E-state index in [0.717, 1.165) is 23.3 Å². The lowest BCUT2D eigenvalue weighted by atomic mass is 10.0. The van der Waals surface area contributed by atoms with Gasteiger partial charge in [0.05, 0.1) is 25.9 Å². The molecule has 0 spiro atoms. The quantitative estimate of drug-likeness (QED) is 0.358. The maximum atomic E-state index is 13.0. The van der Waals surface area contributed by atoms with Crippen LogP contribution in [0.2, 0.25) is 0 Å². The second-order valence-corrected chi connectivity index (χ2v) is 8.20. The Bertz CT molecular complexity index is 1030. The smallest absolute Gasteiger partial charge is 0.251 e. The Balaban J connectivity index is 1.65. The SMILES string of the molecule is CCCOc1cccc(C(=O)N[C@@H](Cc2ccccc2)[C@H](O)CNCc2cccc(OC)c2)c1. The number of carbonyl (C=O) groups is 1. The van der Waals surface area contributed by atoms with Crippen molar-refractivity contribution in [2.45, 2.75) is 38.5 Å². The average molecular weight is 463 g/mol. The predicted molar refractivity (Wildman–Crippen MR) is 134 cm³/mol. The first-order chi connectivity index (χ1) is 16.6. The highest BCUT2D eigenvalue weighted by Gasteiger charge is 2.22. The third kappa shape index (κ3) is 7.90. The van der Waals surface area contributed by atoms with Crippen LogP contribution >= 0.6 is 0 Å². The number of amides is 1. The molecule has 6 nitrogen and oxygen atoms in total. The zero-order chi connectivity index (χ0) is 24.2. The van der Waals surface area contributed by atoms with Gasteiger partial charge in [-0.2, -0.15) is 0 Å². The molecule has 0 fully saturated rings. The van der Waals surface area contributed by atoms with Crippen molar-refractivity contribution in [2.75, 3.05) is 20.3 Å². The second-order valence-electron chi connectivity index (χ2n) is 8.20. The molecule has 0 radical (unpaired) electrons. The van der Waals surface area contributed by atoms with Crippen LogP contribution in [0.5, 0.6) is 11.5 Å². The van der Waals surface area contributed by atoms with Crippen LogP contribution in [0.15, 0.2) is 78.9 Å². The molecular weight excluding hydrogens is 428 g/mol. The molecule has 3 aromatic rings. The molecule has 180 valence electrons. The zero-order valence-electron chi connectivity index (χ0n) is 19.9. The molecule has 0 saturated carbocycles. The van der Waals surface area contributed by atoms with Gasteiger partial charge in [0.25, 0.3) is 5.91 Å². The van der Waals surface area contributed by atoms with Crippen LogP contribution in [0.25, 0.3) is 0 Å². The maximum absolute atomic E-state index is 13.0. The van der Waals surface area contributed by atoms with Gasteiger partial charge in [-0.3, -0.25) is 4.79 Å². The Labute approximate surface area is 201 Å². The number of rotatable bonds is 13. The van der Waals surface area contributed by atoms with E-state index in [0.29, 0.717) is 37.4 Å². The van der Waals surface area contributed by atoms with Gasteiger partial charge in [-0.15, -0.1) is 0 Å². The van der Waals surface area contributed by atoms with Crippen LogP contribution in [0.4, 0.5) is 0 Å². The Kier molecular flexibility index (Phi) is 9.95. The summed E-state index contributed by atoms with van der Waals surface area (Å²) in [4.78, 5) is 13.0. The van der Waals surface area contributed by atoms with E-state index in [9.17, 15) is 9.90 Å². The molecule has 0 unspecified atom stereocenters. The minimum absolute atomic E-state index is 0.241. The molecule has 1 amide bonds. The van der Waals surface area contributed by atoms with Crippen LogP contribution in [-0.2, 0) is 13.0 Å². The molecule has 0 aliphatic heterocycles. The second kappa shape index (κ2) is 13.4. The fourth-order valence-electron chi connectivity index (χ4n) is 3.64. The van der Waals surface area contributed by atoms with E-state index in [2.05, 4.69) is 10.6 Å². The molecule has 0 aliphatic rings. The number of benzene rings is 3. The lowest BCUT2D eigenvalue weighted by molar-refractivity contribution is 0.0829. The lowest BCUT2D eigenvalue weighted by Gasteiger charge is -2.25. The third-order valence-electron chi connectivity index (χ3n) is 5.47. The van der Waals surface area contributed by atoms with E-state index < -0.39 is 12.1 Å². The maximum Gasteiger partial charge on any atom is 0.251 e. The van der Waals surface area contributed by atoms with Crippen molar-refractivity contribution in [3.8, 4) is 11.5 Å². The molecule has 3 N–H and O–H groups in total. The first-order valence-corrected chi connectivity index (χ1v) is 11.7. The summed E-state index contributed by atoms with van der Waals surface area (Å²) in [6.45, 7) is 3.54. The normalized spacial score (nSPS) is 12.6. The number of hydrogen-bond acceptors (Lipinski definition) is 5. The summed E-state index contributed by atoms with van der Waals surface area (Å²) in [6.07, 6.45) is 0.625. The number of aliphatic hydroxyl groups excluding tert-OH is 1. The van der Waals surface area contributed by atoms with E-state index >= 15 is 0 Å². The fourth-order valence-corrected chi connectivity index (χ4v) is 3.64. The number of hydrogen-bond donors (Lipinski definition) is 3. The number of methoxy groups -OCH3 is 1. The topological polar surface area (TPSA) is 79.8 Å². The van der Waals surface area contributed by atoms with Crippen molar-refractivity contribution >= 4 is 5.91 Å². The summed E-state index contributed by atoms with van der Waals surface area (Å²) in [5.41, 5.74) is 2.60. The molecule has 0 bridgehead atoms. The molecular formula is C28H34N2O4. The van der Waals surface area contributed by atoms with Crippen molar-refractivity contribution < 1.29 is 19.4 Å². The number of ether oxygens (including phenoxy) is 2. The molecule has 6 heteroatoms. The minimum Gasteiger partial charge on any atom is -0.497 e. The minimum atomic E-state index is -0.783. The summed E-state index contributed by atoms with van der Waals surface area (Å²) in [5.74, 6) is 1.21. The van der Waals surface area contributed by atoms with E-state index in [4.69, 9.17) is 9.47 Å². The van der Waals surface area contributed by atoms with Gasteiger partial charge in [-0.05, 0) is 54.3 Å². The van der Waals surface area contributed by atoms with Crippen LogP contribution in [0.3, 0.4) is 0 Å². The van der Waals surface area contributed by atoms with Crippen LogP contribution < -0.4 is 20.1 Å². The third-order valence-corrected chi connectivity index (χ3v) is 5.47. The fraction of sp³-hybridized carbons (Fsp3) is 0.321. The molecule has 0 saturated heterocycles.